The van der Waals surface area contributed by atoms with E-state index in [4.69, 9.17) is 19.9 Å². The normalized spacial score (nSPS) is 17.2. The van der Waals surface area contributed by atoms with E-state index < -0.39 is 0 Å². The van der Waals surface area contributed by atoms with Crippen molar-refractivity contribution in [1.82, 2.24) is 4.90 Å². The van der Waals surface area contributed by atoms with Crippen LogP contribution < -0.4 is 25.3 Å². The molecule has 2 aliphatic heterocycles. The van der Waals surface area contributed by atoms with Crippen LogP contribution in [0.15, 0.2) is 47.5 Å². The fourth-order valence-electron chi connectivity index (χ4n) is 3.97. The van der Waals surface area contributed by atoms with Crippen LogP contribution in [0.3, 0.4) is 0 Å². The fraction of sp³-hybridized carbons (Fsp3) is 0.458. The average molecular weight is 552 g/mol. The van der Waals surface area contributed by atoms with Crippen molar-refractivity contribution in [2.45, 2.75) is 25.8 Å². The van der Waals surface area contributed by atoms with E-state index in [2.05, 4.69) is 27.3 Å². The number of nitrogens with zero attached hydrogens (tertiary/aromatic N) is 2. The number of aliphatic imine (C=N–C) groups is 1. The van der Waals surface area contributed by atoms with Crippen molar-refractivity contribution in [3.63, 3.8) is 0 Å². The van der Waals surface area contributed by atoms with Crippen LogP contribution in [0.25, 0.3) is 0 Å². The molecule has 2 aromatic rings. The summed E-state index contributed by atoms with van der Waals surface area (Å²) in [4.78, 5) is 7.08. The van der Waals surface area contributed by atoms with E-state index in [9.17, 15) is 0 Å². The monoisotopic (exact) mass is 552 g/mol. The minimum absolute atomic E-state index is 0. The van der Waals surface area contributed by atoms with Crippen LogP contribution in [0.4, 0.5) is 5.69 Å². The van der Waals surface area contributed by atoms with Gasteiger partial charge in [-0.15, -0.1) is 24.0 Å². The third kappa shape index (κ3) is 6.90. The summed E-state index contributed by atoms with van der Waals surface area (Å²) in [5, 5.41) is 3.17. The fourth-order valence-corrected chi connectivity index (χ4v) is 3.97. The van der Waals surface area contributed by atoms with Crippen molar-refractivity contribution in [3.05, 3.63) is 48.0 Å². The van der Waals surface area contributed by atoms with E-state index >= 15 is 0 Å². The highest BCUT2D eigenvalue weighted by molar-refractivity contribution is 14.0. The summed E-state index contributed by atoms with van der Waals surface area (Å²) in [5.74, 6) is 3.43. The van der Waals surface area contributed by atoms with Gasteiger partial charge in [-0.25, -0.2) is 0 Å². The number of likely N-dealkylation sites (tertiary alicyclic amines) is 1. The molecule has 4 rings (SSSR count). The molecular weight excluding hydrogens is 519 g/mol. The summed E-state index contributed by atoms with van der Waals surface area (Å²) in [5.41, 5.74) is 8.31. The van der Waals surface area contributed by atoms with E-state index in [-0.39, 0.29) is 24.0 Å². The van der Waals surface area contributed by atoms with Crippen LogP contribution >= 0.6 is 24.0 Å². The molecule has 1 fully saturated rings. The highest BCUT2D eigenvalue weighted by Crippen LogP contribution is 2.32. The zero-order valence-electron chi connectivity index (χ0n) is 18.6. The van der Waals surface area contributed by atoms with Gasteiger partial charge < -0.3 is 25.3 Å². The van der Waals surface area contributed by atoms with Gasteiger partial charge in [0.05, 0.1) is 20.3 Å². The molecule has 2 heterocycles. The van der Waals surface area contributed by atoms with E-state index in [1.807, 2.05) is 30.3 Å². The molecule has 0 unspecified atom stereocenters. The number of anilines is 1. The van der Waals surface area contributed by atoms with E-state index in [1.165, 1.54) is 5.56 Å². The average Bonchev–Trinajstić information content (AvgIpc) is 3.04. The molecule has 0 aliphatic carbocycles. The summed E-state index contributed by atoms with van der Waals surface area (Å²) >= 11 is 0. The molecule has 7 nitrogen and oxygen atoms in total. The van der Waals surface area contributed by atoms with Crippen LogP contribution in [0, 0.1) is 5.92 Å². The second kappa shape index (κ2) is 12.2. The third-order valence-corrected chi connectivity index (χ3v) is 5.81. The maximum atomic E-state index is 6.13. The van der Waals surface area contributed by atoms with Gasteiger partial charge in [0.25, 0.3) is 0 Å². The lowest BCUT2D eigenvalue weighted by Crippen LogP contribution is -2.34. The standard InChI is InChI=1S/C24H32N4O3.HI/c1-29-21-6-3-19(4-7-21)17-28-11-9-18(10-12-28)16-26-24(25)27-20-5-8-22-23(15-20)31-14-2-13-30-22;/h3-8,15,18H,2,9-14,16-17H2,1H3,(H3,25,26,27);1H. The van der Waals surface area contributed by atoms with Crippen LogP contribution in [-0.4, -0.2) is 50.8 Å². The van der Waals surface area contributed by atoms with Crippen molar-refractivity contribution in [2.24, 2.45) is 16.6 Å². The molecule has 0 radical (unpaired) electrons. The Kier molecular flexibility index (Phi) is 9.28. The number of methoxy groups -OCH3 is 1. The predicted molar refractivity (Wildman–Crippen MR) is 139 cm³/mol. The van der Waals surface area contributed by atoms with Crippen LogP contribution in [-0.2, 0) is 6.54 Å². The molecule has 0 saturated carbocycles. The quantitative estimate of drug-likeness (QED) is 0.319. The zero-order valence-corrected chi connectivity index (χ0v) is 20.9. The molecule has 0 atom stereocenters. The maximum absolute atomic E-state index is 6.13. The molecule has 174 valence electrons. The van der Waals surface area contributed by atoms with Gasteiger partial charge in [0, 0.05) is 31.3 Å². The smallest absolute Gasteiger partial charge is 0.193 e. The van der Waals surface area contributed by atoms with E-state index in [0.717, 1.165) is 68.4 Å². The van der Waals surface area contributed by atoms with Crippen molar-refractivity contribution in [3.8, 4) is 17.2 Å². The molecule has 0 amide bonds. The van der Waals surface area contributed by atoms with Gasteiger partial charge in [0.2, 0.25) is 0 Å². The first-order chi connectivity index (χ1) is 15.2. The Labute approximate surface area is 207 Å². The zero-order chi connectivity index (χ0) is 21.5. The first kappa shape index (κ1) is 24.4. The largest absolute Gasteiger partial charge is 0.497 e. The third-order valence-electron chi connectivity index (χ3n) is 5.81. The lowest BCUT2D eigenvalue weighted by Gasteiger charge is -2.31. The molecule has 8 heteroatoms. The number of fused-ring (bicyclic) bond motifs is 1. The molecular formula is C24H33IN4O3. The van der Waals surface area contributed by atoms with Gasteiger partial charge >= 0.3 is 0 Å². The molecule has 0 bridgehead atoms. The Bertz CT molecular complexity index is 883. The number of benzene rings is 2. The Hall–Kier alpha value is -2.20. The Morgan fingerprint density at radius 3 is 2.53 bits per heavy atom. The van der Waals surface area contributed by atoms with Crippen LogP contribution in [0.2, 0.25) is 0 Å². The SMILES string of the molecule is COc1ccc(CN2CCC(CN=C(N)Nc3ccc4c(c3)OCCCO4)CC2)cc1.I. The molecule has 0 spiro atoms. The lowest BCUT2D eigenvalue weighted by molar-refractivity contribution is 0.180. The summed E-state index contributed by atoms with van der Waals surface area (Å²) in [7, 11) is 1.70. The van der Waals surface area contributed by atoms with E-state index in [1.54, 1.807) is 7.11 Å². The number of guanidine groups is 1. The molecule has 1 saturated heterocycles. The summed E-state index contributed by atoms with van der Waals surface area (Å²) in [6.07, 6.45) is 3.16. The molecule has 32 heavy (non-hydrogen) atoms. The van der Waals surface area contributed by atoms with Gasteiger partial charge in [0.15, 0.2) is 17.5 Å². The van der Waals surface area contributed by atoms with Gasteiger partial charge in [-0.3, -0.25) is 9.89 Å². The minimum atomic E-state index is 0. The van der Waals surface area contributed by atoms with Crippen molar-refractivity contribution < 1.29 is 14.2 Å². The first-order valence-corrected chi connectivity index (χ1v) is 11.0. The lowest BCUT2D eigenvalue weighted by atomic mass is 9.96. The van der Waals surface area contributed by atoms with Gasteiger partial charge in [-0.05, 0) is 61.7 Å². The number of nitrogens with two attached hydrogens (primary N) is 1. The highest BCUT2D eigenvalue weighted by Gasteiger charge is 2.19. The topological polar surface area (TPSA) is 81.3 Å². The first-order valence-electron chi connectivity index (χ1n) is 11.0. The van der Waals surface area contributed by atoms with Crippen molar-refractivity contribution in [2.75, 3.05) is 45.3 Å². The second-order valence-electron chi connectivity index (χ2n) is 8.13. The summed E-state index contributed by atoms with van der Waals surface area (Å²) < 4.78 is 16.6. The number of hydrogen-bond acceptors (Lipinski definition) is 5. The Morgan fingerprint density at radius 2 is 1.81 bits per heavy atom. The molecule has 3 N–H and O–H groups in total. The molecule has 2 aliphatic rings. The van der Waals surface area contributed by atoms with Crippen LogP contribution in [0.5, 0.6) is 17.2 Å². The number of ether oxygens (including phenoxy) is 3. The van der Waals surface area contributed by atoms with Crippen molar-refractivity contribution in [1.29, 1.82) is 0 Å². The van der Waals surface area contributed by atoms with E-state index in [0.29, 0.717) is 25.1 Å². The number of nitrogens with one attached hydrogen (secondary N) is 1. The summed E-state index contributed by atoms with van der Waals surface area (Å²) in [6, 6.07) is 14.1. The highest BCUT2D eigenvalue weighted by atomic mass is 127. The maximum Gasteiger partial charge on any atom is 0.193 e. The van der Waals surface area contributed by atoms with Crippen LogP contribution in [0.1, 0.15) is 24.8 Å². The number of piperidine rings is 1. The van der Waals surface area contributed by atoms with Gasteiger partial charge in [0.1, 0.15) is 5.75 Å². The number of hydrogen-bond donors (Lipinski definition) is 2. The van der Waals surface area contributed by atoms with Gasteiger partial charge in [-0.2, -0.15) is 0 Å². The Balaban J connectivity index is 0.00000289. The van der Waals surface area contributed by atoms with Gasteiger partial charge in [-0.1, -0.05) is 12.1 Å². The minimum Gasteiger partial charge on any atom is -0.497 e. The molecule has 2 aromatic carbocycles. The van der Waals surface area contributed by atoms with Crippen molar-refractivity contribution >= 4 is 35.6 Å². The Morgan fingerprint density at radius 1 is 1.09 bits per heavy atom. The predicted octanol–water partition coefficient (Wildman–Crippen LogP) is 4.11. The number of rotatable bonds is 6. The number of halogens is 1. The summed E-state index contributed by atoms with van der Waals surface area (Å²) in [6.45, 7) is 5.25. The second-order valence-corrected chi connectivity index (χ2v) is 8.13. The molecule has 0 aromatic heterocycles.